The number of amidine groups is 1. The summed E-state index contributed by atoms with van der Waals surface area (Å²) < 4.78 is 0. The molecule has 0 unspecified atom stereocenters. The molecule has 1 heterocycles. The van der Waals surface area contributed by atoms with Crippen LogP contribution in [0.2, 0.25) is 0 Å². The topological polar surface area (TPSA) is 68.5 Å². The van der Waals surface area contributed by atoms with Crippen LogP contribution in [-0.4, -0.2) is 30.4 Å². The van der Waals surface area contributed by atoms with E-state index in [4.69, 9.17) is 5.26 Å². The van der Waals surface area contributed by atoms with Crippen molar-refractivity contribution < 1.29 is 4.79 Å². The third-order valence-electron chi connectivity index (χ3n) is 3.31. The zero-order valence-electron chi connectivity index (χ0n) is 11.6. The van der Waals surface area contributed by atoms with Crippen molar-refractivity contribution in [2.45, 2.75) is 25.7 Å². The molecule has 5 heteroatoms. The van der Waals surface area contributed by atoms with Gasteiger partial charge >= 0.3 is 6.03 Å². The van der Waals surface area contributed by atoms with Crippen LogP contribution in [0.15, 0.2) is 29.3 Å². The van der Waals surface area contributed by atoms with Crippen molar-refractivity contribution in [1.29, 1.82) is 5.26 Å². The van der Waals surface area contributed by atoms with Crippen molar-refractivity contribution >= 4 is 17.6 Å². The Morgan fingerprint density at radius 1 is 1.40 bits per heavy atom. The number of likely N-dealkylation sites (tertiary alicyclic amines) is 1. The Balaban J connectivity index is 2.05. The molecule has 0 bridgehead atoms. The molecule has 104 valence electrons. The molecule has 0 saturated carbocycles. The number of nitriles is 1. The van der Waals surface area contributed by atoms with Gasteiger partial charge in [0.15, 0.2) is 0 Å². The molecule has 1 aromatic carbocycles. The highest BCUT2D eigenvalue weighted by Crippen LogP contribution is 2.13. The fraction of sp³-hybridized carbons (Fsp3) is 0.400. The highest BCUT2D eigenvalue weighted by Gasteiger charge is 2.12. The first-order chi connectivity index (χ1) is 9.69. The summed E-state index contributed by atoms with van der Waals surface area (Å²) >= 11 is 0. The molecule has 0 aliphatic carbocycles. The van der Waals surface area contributed by atoms with Crippen LogP contribution < -0.4 is 5.32 Å². The third-order valence-corrected chi connectivity index (χ3v) is 3.31. The second-order valence-electron chi connectivity index (χ2n) is 4.88. The highest BCUT2D eigenvalue weighted by molar-refractivity contribution is 5.99. The average molecular weight is 270 g/mol. The summed E-state index contributed by atoms with van der Waals surface area (Å²) in [5.41, 5.74) is 1.11. The van der Waals surface area contributed by atoms with Gasteiger partial charge in [0, 0.05) is 25.7 Å². The molecule has 1 N–H and O–H groups in total. The molecule has 0 atom stereocenters. The Morgan fingerprint density at radius 3 is 3.05 bits per heavy atom. The van der Waals surface area contributed by atoms with Gasteiger partial charge in [0.05, 0.1) is 11.6 Å². The number of rotatable bonds is 1. The maximum Gasteiger partial charge on any atom is 0.347 e. The lowest BCUT2D eigenvalue weighted by Crippen LogP contribution is -2.27. The van der Waals surface area contributed by atoms with E-state index in [1.807, 2.05) is 18.0 Å². The normalized spacial score (nSPS) is 17.4. The van der Waals surface area contributed by atoms with E-state index in [1.165, 1.54) is 6.42 Å². The van der Waals surface area contributed by atoms with E-state index < -0.39 is 0 Å². The molecule has 0 spiro atoms. The van der Waals surface area contributed by atoms with Gasteiger partial charge in [-0.05, 0) is 31.0 Å². The number of aliphatic imine (C=N–C) groups is 1. The number of hydrogen-bond donors (Lipinski definition) is 1. The Kier molecular flexibility index (Phi) is 4.72. The molecule has 20 heavy (non-hydrogen) atoms. The van der Waals surface area contributed by atoms with E-state index in [0.717, 1.165) is 31.6 Å². The van der Waals surface area contributed by atoms with Gasteiger partial charge in [0.25, 0.3) is 0 Å². The standard InChI is InChI=1S/C15H18N4O/c1-19-9-4-2-3-8-14(19)18-15(20)17-13-7-5-6-12(10-13)11-16/h5-7,10H,2-4,8-9H2,1H3,(H,17,20). The van der Waals surface area contributed by atoms with Gasteiger partial charge < -0.3 is 10.2 Å². The Hall–Kier alpha value is -2.35. The number of nitrogens with zero attached hydrogens (tertiary/aromatic N) is 3. The highest BCUT2D eigenvalue weighted by atomic mass is 16.2. The number of amides is 2. The van der Waals surface area contributed by atoms with Crippen molar-refractivity contribution in [3.8, 4) is 6.07 Å². The largest absolute Gasteiger partial charge is 0.363 e. The number of nitrogens with one attached hydrogen (secondary N) is 1. The average Bonchev–Trinajstić information content (AvgIpc) is 2.64. The minimum absolute atomic E-state index is 0.385. The Bertz CT molecular complexity index is 559. The first kappa shape index (κ1) is 14.1. The second kappa shape index (κ2) is 6.71. The number of urea groups is 1. The number of carbonyl (C=O) groups is 1. The maximum atomic E-state index is 11.9. The van der Waals surface area contributed by atoms with Crippen LogP contribution in [0, 0.1) is 11.3 Å². The molecule has 0 aromatic heterocycles. The van der Waals surface area contributed by atoms with Crippen LogP contribution in [-0.2, 0) is 0 Å². The van der Waals surface area contributed by atoms with Crippen molar-refractivity contribution in [3.05, 3.63) is 29.8 Å². The zero-order valence-corrected chi connectivity index (χ0v) is 11.6. The Morgan fingerprint density at radius 2 is 2.25 bits per heavy atom. The summed E-state index contributed by atoms with van der Waals surface area (Å²) in [5.74, 6) is 0.830. The molecule has 1 aliphatic heterocycles. The predicted molar refractivity (Wildman–Crippen MR) is 78.7 cm³/mol. The van der Waals surface area contributed by atoms with Crippen molar-refractivity contribution in [3.63, 3.8) is 0 Å². The lowest BCUT2D eigenvalue weighted by atomic mass is 10.2. The molecule has 2 amide bonds. The fourth-order valence-electron chi connectivity index (χ4n) is 2.21. The summed E-state index contributed by atoms with van der Waals surface area (Å²) in [7, 11) is 1.97. The van der Waals surface area contributed by atoms with E-state index in [-0.39, 0.29) is 6.03 Å². The molecular weight excluding hydrogens is 252 g/mol. The first-order valence-electron chi connectivity index (χ1n) is 6.79. The lowest BCUT2D eigenvalue weighted by Gasteiger charge is -2.17. The quantitative estimate of drug-likeness (QED) is 0.853. The van der Waals surface area contributed by atoms with Crippen LogP contribution in [0.3, 0.4) is 0 Å². The molecular formula is C15H18N4O. The molecule has 5 nitrogen and oxygen atoms in total. The number of carbonyl (C=O) groups excluding carboxylic acids is 1. The van der Waals surface area contributed by atoms with E-state index in [0.29, 0.717) is 11.3 Å². The van der Waals surface area contributed by atoms with Gasteiger partial charge in [-0.2, -0.15) is 10.3 Å². The second-order valence-corrected chi connectivity index (χ2v) is 4.88. The first-order valence-corrected chi connectivity index (χ1v) is 6.79. The number of benzene rings is 1. The number of hydrogen-bond acceptors (Lipinski definition) is 2. The van der Waals surface area contributed by atoms with Crippen LogP contribution >= 0.6 is 0 Å². The summed E-state index contributed by atoms with van der Waals surface area (Å²) in [6.07, 6.45) is 4.22. The zero-order chi connectivity index (χ0) is 14.4. The Labute approximate surface area is 118 Å². The van der Waals surface area contributed by atoms with Crippen LogP contribution in [0.1, 0.15) is 31.2 Å². The summed E-state index contributed by atoms with van der Waals surface area (Å²) in [5, 5.41) is 11.5. The summed E-state index contributed by atoms with van der Waals surface area (Å²) in [6.45, 7) is 0.941. The van der Waals surface area contributed by atoms with Gasteiger partial charge in [-0.25, -0.2) is 4.79 Å². The van der Waals surface area contributed by atoms with E-state index in [1.54, 1.807) is 24.3 Å². The monoisotopic (exact) mass is 270 g/mol. The smallest absolute Gasteiger partial charge is 0.347 e. The third kappa shape index (κ3) is 3.82. The van der Waals surface area contributed by atoms with Gasteiger partial charge in [-0.15, -0.1) is 0 Å². The van der Waals surface area contributed by atoms with Crippen LogP contribution in [0.4, 0.5) is 10.5 Å². The maximum absolute atomic E-state index is 11.9. The molecule has 0 radical (unpaired) electrons. The minimum atomic E-state index is -0.385. The minimum Gasteiger partial charge on any atom is -0.363 e. The summed E-state index contributed by atoms with van der Waals surface area (Å²) in [6, 6.07) is 8.47. The van der Waals surface area contributed by atoms with E-state index in [9.17, 15) is 4.79 Å². The van der Waals surface area contributed by atoms with Crippen molar-refractivity contribution in [2.75, 3.05) is 18.9 Å². The van der Waals surface area contributed by atoms with Gasteiger partial charge in [-0.3, -0.25) is 0 Å². The van der Waals surface area contributed by atoms with Crippen molar-refractivity contribution in [1.82, 2.24) is 4.90 Å². The predicted octanol–water partition coefficient (Wildman–Crippen LogP) is 2.99. The van der Waals surface area contributed by atoms with Crippen LogP contribution in [0.5, 0.6) is 0 Å². The van der Waals surface area contributed by atoms with Gasteiger partial charge in [-0.1, -0.05) is 12.5 Å². The lowest BCUT2D eigenvalue weighted by molar-refractivity contribution is 0.259. The number of anilines is 1. The SMILES string of the molecule is CN1CCCCCC1=NC(=O)Nc1cccc(C#N)c1. The molecule has 1 aromatic rings. The molecule has 1 fully saturated rings. The molecule has 2 rings (SSSR count). The van der Waals surface area contributed by atoms with Gasteiger partial charge in [0.1, 0.15) is 5.84 Å². The van der Waals surface area contributed by atoms with E-state index >= 15 is 0 Å². The van der Waals surface area contributed by atoms with Crippen LogP contribution in [0.25, 0.3) is 0 Å². The summed E-state index contributed by atoms with van der Waals surface area (Å²) in [4.78, 5) is 18.1. The molecule has 1 saturated heterocycles. The van der Waals surface area contributed by atoms with Gasteiger partial charge in [0.2, 0.25) is 0 Å². The fourth-order valence-corrected chi connectivity index (χ4v) is 2.21. The van der Waals surface area contributed by atoms with Crippen molar-refractivity contribution in [2.24, 2.45) is 4.99 Å². The van der Waals surface area contributed by atoms with E-state index in [2.05, 4.69) is 10.3 Å². The molecule has 1 aliphatic rings.